The number of benzene rings is 1. The molecule has 1 aliphatic carbocycles. The van der Waals surface area contributed by atoms with Gasteiger partial charge < -0.3 is 15.2 Å². The summed E-state index contributed by atoms with van der Waals surface area (Å²) in [5, 5.41) is 16.1. The molecule has 1 heterocycles. The highest BCUT2D eigenvalue weighted by atomic mass is 16.5. The molecule has 0 saturated heterocycles. The van der Waals surface area contributed by atoms with E-state index in [-0.39, 0.29) is 12.5 Å². The Balaban J connectivity index is 1.88. The number of carbonyl (C=O) groups excluding carboxylic acids is 1. The maximum Gasteiger partial charge on any atom is 0.334 e. The van der Waals surface area contributed by atoms with E-state index in [1.54, 1.807) is 0 Å². The number of para-hydroxylation sites is 1. The van der Waals surface area contributed by atoms with Crippen molar-refractivity contribution >= 4 is 11.9 Å². The second-order valence-corrected chi connectivity index (χ2v) is 6.10. The number of nitrogens with zero attached hydrogens (tertiary/aromatic N) is 2. The Kier molecular flexibility index (Phi) is 4.85. The van der Waals surface area contributed by atoms with E-state index in [4.69, 9.17) is 9.84 Å². The number of carboxylic acid groups (broad SMARTS) is 1. The molecular formula is C18H21N3O4. The lowest BCUT2D eigenvalue weighted by molar-refractivity contribution is -0.148. The Morgan fingerprint density at radius 2 is 2.12 bits per heavy atom. The van der Waals surface area contributed by atoms with E-state index in [0.717, 1.165) is 41.8 Å². The van der Waals surface area contributed by atoms with Crippen LogP contribution in [0.25, 0.3) is 5.69 Å². The quantitative estimate of drug-likeness (QED) is 0.829. The van der Waals surface area contributed by atoms with Crippen molar-refractivity contribution in [3.05, 3.63) is 46.8 Å². The molecule has 2 aromatic rings. The van der Waals surface area contributed by atoms with Crippen LogP contribution >= 0.6 is 0 Å². The second kappa shape index (κ2) is 7.06. The molecule has 7 nitrogen and oxygen atoms in total. The van der Waals surface area contributed by atoms with Crippen LogP contribution in [0.3, 0.4) is 0 Å². The SMILES string of the molecule is COC(CNC(=O)c1nn(-c2ccccc2C)c2c1CCC2)C(=O)O. The summed E-state index contributed by atoms with van der Waals surface area (Å²) in [6, 6.07) is 7.90. The molecule has 1 amide bonds. The summed E-state index contributed by atoms with van der Waals surface area (Å²) in [7, 11) is 1.30. The largest absolute Gasteiger partial charge is 0.479 e. The average molecular weight is 343 g/mol. The fraction of sp³-hybridized carbons (Fsp3) is 0.389. The lowest BCUT2D eigenvalue weighted by atomic mass is 10.1. The van der Waals surface area contributed by atoms with Crippen molar-refractivity contribution < 1.29 is 19.4 Å². The molecule has 1 aromatic heterocycles. The van der Waals surface area contributed by atoms with Crippen LogP contribution in [-0.4, -0.2) is 46.5 Å². The number of rotatable bonds is 6. The molecule has 0 bridgehead atoms. The van der Waals surface area contributed by atoms with Gasteiger partial charge in [-0.05, 0) is 37.8 Å². The number of aromatic nitrogens is 2. The van der Waals surface area contributed by atoms with Crippen LogP contribution < -0.4 is 5.32 Å². The minimum Gasteiger partial charge on any atom is -0.479 e. The van der Waals surface area contributed by atoms with E-state index < -0.39 is 12.1 Å². The summed E-state index contributed by atoms with van der Waals surface area (Å²) in [5.74, 6) is -1.48. The molecule has 0 radical (unpaired) electrons. The minimum atomic E-state index is -1.11. The average Bonchev–Trinajstić information content (AvgIpc) is 3.18. The minimum absolute atomic E-state index is 0.101. The van der Waals surface area contributed by atoms with Crippen molar-refractivity contribution in [2.45, 2.75) is 32.3 Å². The number of carboxylic acids is 1. The lowest BCUT2D eigenvalue weighted by Crippen LogP contribution is -2.38. The number of aryl methyl sites for hydroxylation is 1. The summed E-state index contributed by atoms with van der Waals surface area (Å²) in [6.07, 6.45) is 1.58. The third-order valence-corrected chi connectivity index (χ3v) is 4.50. The van der Waals surface area contributed by atoms with Gasteiger partial charge in [0.25, 0.3) is 5.91 Å². The Morgan fingerprint density at radius 1 is 1.36 bits per heavy atom. The number of ether oxygens (including phenoxy) is 1. The zero-order chi connectivity index (χ0) is 18.0. The van der Waals surface area contributed by atoms with Gasteiger partial charge in [0.15, 0.2) is 11.8 Å². The maximum absolute atomic E-state index is 12.5. The first-order valence-electron chi connectivity index (χ1n) is 8.23. The van der Waals surface area contributed by atoms with Gasteiger partial charge in [-0.2, -0.15) is 5.10 Å². The first-order valence-corrected chi connectivity index (χ1v) is 8.23. The molecule has 2 N–H and O–H groups in total. The molecule has 3 rings (SSSR count). The summed E-state index contributed by atoms with van der Waals surface area (Å²) in [5.41, 5.74) is 4.42. The van der Waals surface area contributed by atoms with E-state index in [9.17, 15) is 9.59 Å². The maximum atomic E-state index is 12.5. The number of hydrogen-bond donors (Lipinski definition) is 2. The monoisotopic (exact) mass is 343 g/mol. The predicted octanol–water partition coefficient (Wildman–Crippen LogP) is 1.50. The van der Waals surface area contributed by atoms with E-state index >= 15 is 0 Å². The van der Waals surface area contributed by atoms with Crippen molar-refractivity contribution in [3.63, 3.8) is 0 Å². The smallest absolute Gasteiger partial charge is 0.334 e. The third kappa shape index (κ3) is 3.28. The standard InChI is InChI=1S/C18H21N3O4/c1-11-6-3-4-8-13(11)21-14-9-5-7-12(14)16(20-21)17(22)19-10-15(25-2)18(23)24/h3-4,6,8,15H,5,7,9-10H2,1-2H3,(H,19,22)(H,23,24). The van der Waals surface area contributed by atoms with Gasteiger partial charge >= 0.3 is 5.97 Å². The number of hydrogen-bond acceptors (Lipinski definition) is 4. The summed E-state index contributed by atoms with van der Waals surface area (Å²) < 4.78 is 6.69. The van der Waals surface area contributed by atoms with Gasteiger partial charge in [-0.1, -0.05) is 18.2 Å². The third-order valence-electron chi connectivity index (χ3n) is 4.50. The van der Waals surface area contributed by atoms with Gasteiger partial charge in [-0.15, -0.1) is 0 Å². The zero-order valence-corrected chi connectivity index (χ0v) is 14.3. The Hall–Kier alpha value is -2.67. The molecular weight excluding hydrogens is 322 g/mol. The van der Waals surface area contributed by atoms with Gasteiger partial charge in [-0.25, -0.2) is 9.48 Å². The number of amides is 1. The first kappa shape index (κ1) is 17.2. The second-order valence-electron chi connectivity index (χ2n) is 6.10. The molecule has 0 aliphatic heterocycles. The number of nitrogens with one attached hydrogen (secondary N) is 1. The van der Waals surface area contributed by atoms with E-state index in [0.29, 0.717) is 5.69 Å². The fourth-order valence-corrected chi connectivity index (χ4v) is 3.16. The zero-order valence-electron chi connectivity index (χ0n) is 14.3. The van der Waals surface area contributed by atoms with Crippen LogP contribution in [0.2, 0.25) is 0 Å². The predicted molar refractivity (Wildman–Crippen MR) is 91.1 cm³/mol. The molecule has 0 saturated carbocycles. The molecule has 7 heteroatoms. The number of methoxy groups -OCH3 is 1. The van der Waals surface area contributed by atoms with Gasteiger partial charge in [0.1, 0.15) is 0 Å². The number of aliphatic carboxylic acids is 1. The Bertz CT molecular complexity index is 813. The van der Waals surface area contributed by atoms with Crippen molar-refractivity contribution in [1.82, 2.24) is 15.1 Å². The molecule has 132 valence electrons. The van der Waals surface area contributed by atoms with Gasteiger partial charge in [0, 0.05) is 18.4 Å². The van der Waals surface area contributed by atoms with Crippen LogP contribution in [0.1, 0.15) is 33.7 Å². The Labute approximate surface area is 145 Å². The normalized spacial score (nSPS) is 14.2. The summed E-state index contributed by atoms with van der Waals surface area (Å²) >= 11 is 0. The molecule has 0 fully saturated rings. The van der Waals surface area contributed by atoms with Crippen LogP contribution in [0.15, 0.2) is 24.3 Å². The number of fused-ring (bicyclic) bond motifs is 1. The molecule has 1 atom stereocenters. The summed E-state index contributed by atoms with van der Waals surface area (Å²) in [4.78, 5) is 23.5. The van der Waals surface area contributed by atoms with Gasteiger partial charge in [-0.3, -0.25) is 4.79 Å². The van der Waals surface area contributed by atoms with Crippen molar-refractivity contribution in [3.8, 4) is 5.69 Å². The highest BCUT2D eigenvalue weighted by molar-refractivity contribution is 5.94. The molecule has 1 aliphatic rings. The van der Waals surface area contributed by atoms with Gasteiger partial charge in [0.2, 0.25) is 0 Å². The first-order chi connectivity index (χ1) is 12.0. The van der Waals surface area contributed by atoms with Crippen LogP contribution in [0.5, 0.6) is 0 Å². The van der Waals surface area contributed by atoms with Gasteiger partial charge in [0.05, 0.1) is 12.2 Å². The van der Waals surface area contributed by atoms with Crippen LogP contribution in [0, 0.1) is 6.92 Å². The van der Waals surface area contributed by atoms with Crippen molar-refractivity contribution in [2.24, 2.45) is 0 Å². The van der Waals surface area contributed by atoms with Crippen LogP contribution in [0.4, 0.5) is 0 Å². The van der Waals surface area contributed by atoms with Crippen molar-refractivity contribution in [1.29, 1.82) is 0 Å². The molecule has 1 unspecified atom stereocenters. The van der Waals surface area contributed by atoms with Crippen molar-refractivity contribution in [2.75, 3.05) is 13.7 Å². The molecule has 25 heavy (non-hydrogen) atoms. The Morgan fingerprint density at radius 3 is 2.80 bits per heavy atom. The molecule has 1 aromatic carbocycles. The van der Waals surface area contributed by atoms with E-state index in [1.165, 1.54) is 7.11 Å². The highest BCUT2D eigenvalue weighted by Crippen LogP contribution is 2.28. The summed E-state index contributed by atoms with van der Waals surface area (Å²) in [6.45, 7) is 1.91. The van der Waals surface area contributed by atoms with E-state index in [2.05, 4.69) is 10.4 Å². The fourth-order valence-electron chi connectivity index (χ4n) is 3.16. The van der Waals surface area contributed by atoms with Crippen LogP contribution in [-0.2, 0) is 22.4 Å². The lowest BCUT2D eigenvalue weighted by Gasteiger charge is -2.11. The topological polar surface area (TPSA) is 93.5 Å². The van der Waals surface area contributed by atoms with E-state index in [1.807, 2.05) is 35.9 Å². The number of carbonyl (C=O) groups is 2. The highest BCUT2D eigenvalue weighted by Gasteiger charge is 2.28. The molecule has 0 spiro atoms.